The lowest BCUT2D eigenvalue weighted by atomic mass is 10.1. The van der Waals surface area contributed by atoms with Gasteiger partial charge in [-0.2, -0.15) is 5.26 Å². The lowest BCUT2D eigenvalue weighted by molar-refractivity contribution is 0.628. The van der Waals surface area contributed by atoms with Crippen LogP contribution in [0.3, 0.4) is 0 Å². The van der Waals surface area contributed by atoms with Crippen molar-refractivity contribution in [3.05, 3.63) is 34.9 Å². The molecule has 0 aromatic heterocycles. The van der Waals surface area contributed by atoms with Crippen LogP contribution in [-0.4, -0.2) is 6.54 Å². The van der Waals surface area contributed by atoms with Gasteiger partial charge in [0.25, 0.3) is 0 Å². The predicted octanol–water partition coefficient (Wildman–Crippen LogP) is 3.51. The number of nitriles is 1. The normalized spacial score (nSPS) is 9.47. The minimum atomic E-state index is 0. The molecular weight excluding hydrogens is 232 g/mol. The molecule has 0 unspecified atom stereocenters. The summed E-state index contributed by atoms with van der Waals surface area (Å²) in [5, 5.41) is 11.8. The Balaban J connectivity index is 0.00000256. The van der Waals surface area contributed by atoms with Crippen molar-refractivity contribution >= 4 is 12.4 Å². The van der Waals surface area contributed by atoms with Crippen LogP contribution in [0.5, 0.6) is 0 Å². The molecule has 1 N–H and O–H groups in total. The van der Waals surface area contributed by atoms with Crippen LogP contribution >= 0.6 is 12.4 Å². The lowest BCUT2D eigenvalue weighted by Crippen LogP contribution is -2.14. The van der Waals surface area contributed by atoms with E-state index in [4.69, 9.17) is 5.26 Å². The molecule has 0 saturated heterocycles. The molecule has 0 fully saturated rings. The van der Waals surface area contributed by atoms with Gasteiger partial charge in [0, 0.05) is 13.0 Å². The van der Waals surface area contributed by atoms with E-state index in [0.717, 1.165) is 25.9 Å². The van der Waals surface area contributed by atoms with E-state index in [1.807, 2.05) is 0 Å². The Morgan fingerprint density at radius 3 is 2.59 bits per heavy atom. The van der Waals surface area contributed by atoms with E-state index in [1.165, 1.54) is 16.7 Å². The minimum Gasteiger partial charge on any atom is -0.313 e. The van der Waals surface area contributed by atoms with Crippen molar-refractivity contribution in [3.63, 3.8) is 0 Å². The third-order valence-corrected chi connectivity index (χ3v) is 2.79. The fraction of sp³-hybridized carbons (Fsp3) is 0.500. The first-order valence-corrected chi connectivity index (χ1v) is 5.88. The van der Waals surface area contributed by atoms with E-state index in [9.17, 15) is 0 Å². The highest BCUT2D eigenvalue weighted by molar-refractivity contribution is 5.85. The number of nitrogens with one attached hydrogen (secondary N) is 1. The van der Waals surface area contributed by atoms with Gasteiger partial charge in [0.1, 0.15) is 0 Å². The van der Waals surface area contributed by atoms with Crippen molar-refractivity contribution in [1.29, 1.82) is 5.26 Å². The molecule has 0 aliphatic carbocycles. The zero-order valence-electron chi connectivity index (χ0n) is 10.6. The van der Waals surface area contributed by atoms with Crippen molar-refractivity contribution in [1.82, 2.24) is 5.32 Å². The number of hydrogen-bond donors (Lipinski definition) is 1. The summed E-state index contributed by atoms with van der Waals surface area (Å²) in [6.07, 6.45) is 2.75. The van der Waals surface area contributed by atoms with Gasteiger partial charge < -0.3 is 5.32 Å². The Hall–Kier alpha value is -1.04. The summed E-state index contributed by atoms with van der Waals surface area (Å²) in [5.74, 6) is 0. The average Bonchev–Trinajstić information content (AvgIpc) is 2.28. The van der Waals surface area contributed by atoms with Gasteiger partial charge in [-0.3, -0.25) is 0 Å². The highest BCUT2D eigenvalue weighted by Gasteiger charge is 1.96. The molecule has 0 heterocycles. The largest absolute Gasteiger partial charge is 0.313 e. The molecule has 17 heavy (non-hydrogen) atoms. The molecule has 0 bridgehead atoms. The van der Waals surface area contributed by atoms with Gasteiger partial charge in [-0.05, 0) is 49.9 Å². The maximum Gasteiger partial charge on any atom is 0.0621 e. The predicted molar refractivity (Wildman–Crippen MR) is 74.3 cm³/mol. The number of benzene rings is 1. The van der Waals surface area contributed by atoms with E-state index >= 15 is 0 Å². The number of hydrogen-bond acceptors (Lipinski definition) is 2. The summed E-state index contributed by atoms with van der Waals surface area (Å²) in [5.41, 5.74) is 4.03. The number of halogens is 1. The van der Waals surface area contributed by atoms with Crippen LogP contribution in [0.1, 0.15) is 36.0 Å². The molecular formula is C14H21ClN2. The average molecular weight is 253 g/mol. The second-order valence-electron chi connectivity index (χ2n) is 4.21. The topological polar surface area (TPSA) is 35.8 Å². The maximum absolute atomic E-state index is 8.39. The smallest absolute Gasteiger partial charge is 0.0621 e. The van der Waals surface area contributed by atoms with Gasteiger partial charge >= 0.3 is 0 Å². The van der Waals surface area contributed by atoms with Crippen molar-refractivity contribution in [3.8, 4) is 6.07 Å². The molecule has 0 amide bonds. The van der Waals surface area contributed by atoms with Gasteiger partial charge in [0.15, 0.2) is 0 Å². The number of nitrogens with zero attached hydrogens (tertiary/aromatic N) is 1. The molecule has 1 aromatic rings. The second-order valence-corrected chi connectivity index (χ2v) is 4.21. The molecule has 3 heteroatoms. The van der Waals surface area contributed by atoms with Crippen LogP contribution < -0.4 is 5.32 Å². The first-order valence-electron chi connectivity index (χ1n) is 5.88. The van der Waals surface area contributed by atoms with Gasteiger partial charge in [-0.25, -0.2) is 0 Å². The third kappa shape index (κ3) is 6.31. The second kappa shape index (κ2) is 9.04. The number of aryl methyl sites for hydroxylation is 2. The Morgan fingerprint density at radius 2 is 1.94 bits per heavy atom. The number of unbranched alkanes of at least 4 members (excludes halogenated alkanes) is 2. The fourth-order valence-corrected chi connectivity index (χ4v) is 1.60. The highest BCUT2D eigenvalue weighted by atomic mass is 35.5. The quantitative estimate of drug-likeness (QED) is 0.787. The zero-order valence-corrected chi connectivity index (χ0v) is 11.4. The van der Waals surface area contributed by atoms with Crippen molar-refractivity contribution in [2.45, 2.75) is 39.7 Å². The number of rotatable bonds is 6. The van der Waals surface area contributed by atoms with Crippen LogP contribution in [0, 0.1) is 25.2 Å². The first-order chi connectivity index (χ1) is 7.74. The Morgan fingerprint density at radius 1 is 1.18 bits per heavy atom. The fourth-order valence-electron chi connectivity index (χ4n) is 1.60. The zero-order chi connectivity index (χ0) is 11.8. The van der Waals surface area contributed by atoms with Crippen LogP contribution in [0.4, 0.5) is 0 Å². The van der Waals surface area contributed by atoms with Gasteiger partial charge in [-0.1, -0.05) is 18.2 Å². The van der Waals surface area contributed by atoms with Gasteiger partial charge in [0.05, 0.1) is 6.07 Å². The molecule has 2 nitrogen and oxygen atoms in total. The van der Waals surface area contributed by atoms with Crippen LogP contribution in [0.15, 0.2) is 18.2 Å². The van der Waals surface area contributed by atoms with E-state index in [0.29, 0.717) is 6.42 Å². The minimum absolute atomic E-state index is 0. The SMILES string of the molecule is Cc1ccc(CNCCCCC#N)cc1C.Cl. The molecule has 0 aliphatic heterocycles. The summed E-state index contributed by atoms with van der Waals surface area (Å²) in [4.78, 5) is 0. The van der Waals surface area contributed by atoms with E-state index < -0.39 is 0 Å². The molecule has 94 valence electrons. The van der Waals surface area contributed by atoms with Crippen molar-refractivity contribution < 1.29 is 0 Å². The molecule has 0 atom stereocenters. The van der Waals surface area contributed by atoms with E-state index in [2.05, 4.69) is 43.4 Å². The van der Waals surface area contributed by atoms with Gasteiger partial charge in [0.2, 0.25) is 0 Å². The van der Waals surface area contributed by atoms with Crippen LogP contribution in [0.2, 0.25) is 0 Å². The Bertz CT molecular complexity index is 369. The summed E-state index contributed by atoms with van der Waals surface area (Å²) in [6.45, 7) is 6.20. The monoisotopic (exact) mass is 252 g/mol. The van der Waals surface area contributed by atoms with E-state index in [1.54, 1.807) is 0 Å². The van der Waals surface area contributed by atoms with Crippen LogP contribution in [-0.2, 0) is 6.54 Å². The van der Waals surface area contributed by atoms with Crippen molar-refractivity contribution in [2.75, 3.05) is 6.54 Å². The summed E-state index contributed by atoms with van der Waals surface area (Å²) in [6, 6.07) is 8.74. The molecule has 0 spiro atoms. The maximum atomic E-state index is 8.39. The summed E-state index contributed by atoms with van der Waals surface area (Å²) < 4.78 is 0. The molecule has 0 aliphatic rings. The molecule has 0 saturated carbocycles. The third-order valence-electron chi connectivity index (χ3n) is 2.79. The van der Waals surface area contributed by atoms with Crippen molar-refractivity contribution in [2.24, 2.45) is 0 Å². The molecule has 0 radical (unpaired) electrons. The Labute approximate surface area is 110 Å². The standard InChI is InChI=1S/C14H20N2.ClH/c1-12-6-7-14(10-13(12)2)11-16-9-5-3-4-8-15;/h6-7,10,16H,3-5,9,11H2,1-2H3;1H. The highest BCUT2D eigenvalue weighted by Crippen LogP contribution is 2.09. The Kier molecular flexibility index (Phi) is 8.49. The van der Waals surface area contributed by atoms with E-state index in [-0.39, 0.29) is 12.4 Å². The summed E-state index contributed by atoms with van der Waals surface area (Å²) >= 11 is 0. The summed E-state index contributed by atoms with van der Waals surface area (Å²) in [7, 11) is 0. The van der Waals surface area contributed by atoms with Gasteiger partial charge in [-0.15, -0.1) is 12.4 Å². The van der Waals surface area contributed by atoms with Crippen LogP contribution in [0.25, 0.3) is 0 Å². The lowest BCUT2D eigenvalue weighted by Gasteiger charge is -2.06. The first kappa shape index (κ1) is 16.0. The molecule has 1 aromatic carbocycles. The molecule has 1 rings (SSSR count).